The summed E-state index contributed by atoms with van der Waals surface area (Å²) in [4.78, 5) is 14.0. The molecule has 4 aromatic carbocycles. The molecule has 4 aromatic rings. The van der Waals surface area contributed by atoms with E-state index in [2.05, 4.69) is 41.9 Å². The summed E-state index contributed by atoms with van der Waals surface area (Å²) in [6, 6.07) is 28.8. The number of carbonyl (C=O) groups excluding carboxylic acids is 1. The van der Waals surface area contributed by atoms with Gasteiger partial charge >= 0.3 is 5.97 Å². The lowest BCUT2D eigenvalue weighted by atomic mass is 9.79. The highest BCUT2D eigenvalue weighted by Crippen LogP contribution is 2.42. The van der Waals surface area contributed by atoms with Crippen molar-refractivity contribution in [2.75, 3.05) is 12.4 Å². The number of methoxy groups -OCH3 is 1. The van der Waals surface area contributed by atoms with E-state index in [9.17, 15) is 13.2 Å². The van der Waals surface area contributed by atoms with E-state index in [1.54, 1.807) is 78.9 Å². The van der Waals surface area contributed by atoms with Gasteiger partial charge in [0.2, 0.25) is 10.0 Å². The van der Waals surface area contributed by atoms with Gasteiger partial charge in [0.25, 0.3) is 0 Å². The second-order valence-corrected chi connectivity index (χ2v) is 12.2. The first-order valence-electron chi connectivity index (χ1n) is 11.7. The zero-order valence-corrected chi connectivity index (χ0v) is 24.7. The molecule has 0 saturated carbocycles. The van der Waals surface area contributed by atoms with Crippen LogP contribution < -0.4 is 10.0 Å². The molecule has 196 valence electrons. The Morgan fingerprint density at radius 3 is 2.05 bits per heavy atom. The number of hydrogen-bond acceptors (Lipinski definition) is 5. The van der Waals surface area contributed by atoms with Crippen LogP contribution in [0.1, 0.15) is 22.7 Å². The number of halogens is 2. The fourth-order valence-corrected chi connectivity index (χ4v) is 6.14. The molecule has 0 saturated heterocycles. The van der Waals surface area contributed by atoms with Crippen LogP contribution in [0.3, 0.4) is 0 Å². The topological polar surface area (TPSA) is 84.5 Å². The lowest BCUT2D eigenvalue weighted by Gasteiger charge is -2.40. The molecule has 0 aliphatic heterocycles. The summed E-state index contributed by atoms with van der Waals surface area (Å²) < 4.78 is 37.3. The summed E-state index contributed by atoms with van der Waals surface area (Å²) in [5, 5.41) is 3.36. The fourth-order valence-electron chi connectivity index (χ4n) is 4.24. The molecule has 38 heavy (non-hydrogen) atoms. The molecule has 2 atom stereocenters. The lowest BCUT2D eigenvalue weighted by molar-refractivity contribution is -0.147. The molecule has 0 amide bonds. The zero-order valence-electron chi connectivity index (χ0n) is 20.7. The molecular weight excluding hydrogens is 632 g/mol. The van der Waals surface area contributed by atoms with Gasteiger partial charge in [-0.2, -0.15) is 0 Å². The van der Waals surface area contributed by atoms with Gasteiger partial charge in [0.05, 0.1) is 18.0 Å². The third-order valence-corrected chi connectivity index (χ3v) is 8.84. The van der Waals surface area contributed by atoms with E-state index in [4.69, 9.17) is 4.74 Å². The molecule has 0 heterocycles. The van der Waals surface area contributed by atoms with Crippen molar-refractivity contribution in [3.63, 3.8) is 0 Å². The highest BCUT2D eigenvalue weighted by molar-refractivity contribution is 9.10. The Kier molecular flexibility index (Phi) is 8.72. The van der Waals surface area contributed by atoms with Gasteiger partial charge in [-0.05, 0) is 70.4 Å². The molecule has 0 radical (unpaired) electrons. The summed E-state index contributed by atoms with van der Waals surface area (Å²) in [7, 11) is -2.80. The van der Waals surface area contributed by atoms with Crippen molar-refractivity contribution in [2.45, 2.75) is 23.4 Å². The minimum atomic E-state index is -4.09. The molecule has 9 heteroatoms. The second-order valence-electron chi connectivity index (χ2n) is 8.69. The van der Waals surface area contributed by atoms with E-state index in [1.807, 2.05) is 31.2 Å². The minimum Gasteiger partial charge on any atom is -0.467 e. The van der Waals surface area contributed by atoms with Crippen LogP contribution in [-0.2, 0) is 25.1 Å². The van der Waals surface area contributed by atoms with Crippen LogP contribution in [0.2, 0.25) is 0 Å². The van der Waals surface area contributed by atoms with E-state index in [1.165, 1.54) is 7.11 Å². The monoisotopic (exact) mass is 656 g/mol. The maximum Gasteiger partial charge on any atom is 0.338 e. The van der Waals surface area contributed by atoms with E-state index >= 15 is 0 Å². The third kappa shape index (κ3) is 5.86. The van der Waals surface area contributed by atoms with Gasteiger partial charge in [0.1, 0.15) is 0 Å². The number of anilines is 1. The average Bonchev–Trinajstić information content (AvgIpc) is 2.92. The molecule has 0 aliphatic carbocycles. The first-order valence-corrected chi connectivity index (χ1v) is 14.8. The van der Waals surface area contributed by atoms with Crippen LogP contribution >= 0.6 is 31.9 Å². The van der Waals surface area contributed by atoms with Crippen molar-refractivity contribution in [3.05, 3.63) is 129 Å². The van der Waals surface area contributed by atoms with E-state index in [0.717, 1.165) is 10.0 Å². The number of hydrogen-bond donors (Lipinski definition) is 2. The standard InChI is InChI=1S/C29H26Br2N2O4S/c1-20-12-18-24(19-13-20)38(35,36)33-27(21-14-16-23(30)17-15-21)29(28(34)37-2,22-8-4-3-5-9-22)32-26-11-7-6-10-25(26)31/h3-19,27,32-33H,1-2H3/t27-,29-/m0/s1. The van der Waals surface area contributed by atoms with E-state index in [0.29, 0.717) is 21.3 Å². The Morgan fingerprint density at radius 1 is 0.842 bits per heavy atom. The summed E-state index contributed by atoms with van der Waals surface area (Å²) in [5.41, 5.74) is 0.876. The number of esters is 1. The Morgan fingerprint density at radius 2 is 1.45 bits per heavy atom. The molecule has 0 aromatic heterocycles. The highest BCUT2D eigenvalue weighted by atomic mass is 79.9. The Labute approximate surface area is 239 Å². The van der Waals surface area contributed by atoms with Gasteiger partial charge in [0, 0.05) is 14.6 Å². The second kappa shape index (κ2) is 11.8. The number of benzene rings is 4. The van der Waals surface area contributed by atoms with E-state index < -0.39 is 27.6 Å². The number of nitrogens with one attached hydrogen (secondary N) is 2. The van der Waals surface area contributed by atoms with Crippen LogP contribution in [0.15, 0.2) is 117 Å². The van der Waals surface area contributed by atoms with Crippen LogP contribution in [0, 0.1) is 6.92 Å². The first kappa shape index (κ1) is 28.0. The Bertz CT molecular complexity index is 1510. The molecule has 6 nitrogen and oxygen atoms in total. The van der Waals surface area contributed by atoms with Gasteiger partial charge < -0.3 is 10.1 Å². The van der Waals surface area contributed by atoms with Gasteiger partial charge in [-0.15, -0.1) is 0 Å². The van der Waals surface area contributed by atoms with Crippen molar-refractivity contribution in [3.8, 4) is 0 Å². The molecule has 0 fully saturated rings. The van der Waals surface area contributed by atoms with Gasteiger partial charge in [-0.3, -0.25) is 0 Å². The van der Waals surface area contributed by atoms with Crippen molar-refractivity contribution in [1.29, 1.82) is 0 Å². The van der Waals surface area contributed by atoms with Crippen molar-refractivity contribution in [2.24, 2.45) is 0 Å². The normalized spacial score (nSPS) is 13.8. The van der Waals surface area contributed by atoms with Gasteiger partial charge in [0.15, 0.2) is 5.54 Å². The summed E-state index contributed by atoms with van der Waals surface area (Å²) >= 11 is 7.00. The number of carbonyl (C=O) groups is 1. The van der Waals surface area contributed by atoms with E-state index in [-0.39, 0.29) is 4.90 Å². The predicted molar refractivity (Wildman–Crippen MR) is 156 cm³/mol. The van der Waals surface area contributed by atoms with Gasteiger partial charge in [-0.25, -0.2) is 17.9 Å². The van der Waals surface area contributed by atoms with Crippen LogP contribution in [0.25, 0.3) is 0 Å². The molecule has 0 spiro atoms. The van der Waals surface area contributed by atoms with Crippen LogP contribution in [0.5, 0.6) is 0 Å². The molecule has 0 unspecified atom stereocenters. The summed E-state index contributed by atoms with van der Waals surface area (Å²) in [6.45, 7) is 1.88. The maximum absolute atomic E-state index is 14.0. The highest BCUT2D eigenvalue weighted by Gasteiger charge is 2.51. The molecule has 0 bridgehead atoms. The average molecular weight is 658 g/mol. The summed E-state index contributed by atoms with van der Waals surface area (Å²) in [6.07, 6.45) is 0. The molecule has 2 N–H and O–H groups in total. The predicted octanol–water partition coefficient (Wildman–Crippen LogP) is 6.72. The van der Waals surface area contributed by atoms with Crippen molar-refractivity contribution in [1.82, 2.24) is 4.72 Å². The fraction of sp³-hybridized carbons (Fsp3) is 0.138. The van der Waals surface area contributed by atoms with Crippen molar-refractivity contribution >= 4 is 53.5 Å². The third-order valence-electron chi connectivity index (χ3n) is 6.18. The molecule has 4 rings (SSSR count). The largest absolute Gasteiger partial charge is 0.467 e. The smallest absolute Gasteiger partial charge is 0.338 e. The lowest BCUT2D eigenvalue weighted by Crippen LogP contribution is -2.55. The number of ether oxygens (including phenoxy) is 1. The first-order chi connectivity index (χ1) is 18.2. The van der Waals surface area contributed by atoms with Gasteiger partial charge in [-0.1, -0.05) is 88.2 Å². The Balaban J connectivity index is 2.01. The number of sulfonamides is 1. The number of rotatable bonds is 9. The van der Waals surface area contributed by atoms with Crippen LogP contribution in [-0.4, -0.2) is 21.5 Å². The summed E-state index contributed by atoms with van der Waals surface area (Å²) in [5.74, 6) is -0.668. The molecule has 0 aliphatic rings. The number of aryl methyl sites for hydroxylation is 1. The SMILES string of the molecule is COC(=O)[C@](Nc1ccccc1Br)(c1ccccc1)[C@@H](NS(=O)(=O)c1ccc(C)cc1)c1ccc(Br)cc1. The van der Waals surface area contributed by atoms with Crippen LogP contribution in [0.4, 0.5) is 5.69 Å². The Hall–Kier alpha value is -2.98. The molecular formula is C29H26Br2N2O4S. The maximum atomic E-state index is 14.0. The quantitative estimate of drug-likeness (QED) is 0.195. The van der Waals surface area contributed by atoms with Crippen molar-refractivity contribution < 1.29 is 17.9 Å². The zero-order chi connectivity index (χ0) is 27.3. The number of para-hydroxylation sites is 1. The minimum absolute atomic E-state index is 0.0814.